The molecule has 0 bridgehead atoms. The summed E-state index contributed by atoms with van der Waals surface area (Å²) in [5.41, 5.74) is 5.88. The summed E-state index contributed by atoms with van der Waals surface area (Å²) in [5, 5.41) is 3.24. The van der Waals surface area contributed by atoms with Crippen LogP contribution in [-0.4, -0.2) is 38.1 Å². The van der Waals surface area contributed by atoms with Gasteiger partial charge in [0.05, 0.1) is 22.4 Å². The van der Waals surface area contributed by atoms with Crippen LogP contribution in [0.2, 0.25) is 0 Å². The molecular weight excluding hydrogens is 544 g/mol. The minimum Gasteiger partial charge on any atom is -0.432 e. The van der Waals surface area contributed by atoms with Crippen molar-refractivity contribution >= 4 is 45.7 Å². The van der Waals surface area contributed by atoms with Crippen molar-refractivity contribution in [2.45, 2.75) is 0 Å². The third kappa shape index (κ3) is 5.81. The number of hydrogen-bond donors (Lipinski definition) is 1. The van der Waals surface area contributed by atoms with E-state index in [4.69, 9.17) is 26.9 Å². The number of hydrogen-bond acceptors (Lipinski definition) is 7. The van der Waals surface area contributed by atoms with Gasteiger partial charge in [-0.05, 0) is 91.1 Å². The molecule has 6 aromatic rings. The Labute approximate surface area is 247 Å². The molecule has 3 aromatic heterocycles. The van der Waals surface area contributed by atoms with Gasteiger partial charge in [0.25, 0.3) is 11.1 Å². The van der Waals surface area contributed by atoms with Crippen LogP contribution in [0.5, 0.6) is 5.75 Å². The first-order valence-corrected chi connectivity index (χ1v) is 13.5. The molecule has 204 valence electrons. The zero-order chi connectivity index (χ0) is 28.9. The van der Waals surface area contributed by atoms with Gasteiger partial charge in [0.2, 0.25) is 0 Å². The van der Waals surface area contributed by atoms with E-state index in [0.717, 1.165) is 5.69 Å². The third-order valence-electron chi connectivity index (χ3n) is 6.48. The number of carbonyl (C=O) groups excluding carboxylic acids is 1. The zero-order valence-corrected chi connectivity index (χ0v) is 23.3. The van der Waals surface area contributed by atoms with Gasteiger partial charge >= 0.3 is 0 Å². The molecule has 0 aliphatic heterocycles. The molecule has 1 N–H and O–H groups in total. The molecule has 0 radical (unpaired) electrons. The summed E-state index contributed by atoms with van der Waals surface area (Å²) in [5.74, 6) is 0.263. The average Bonchev–Trinajstić information content (AvgIpc) is 3.05. The Morgan fingerprint density at radius 3 is 1.98 bits per heavy atom. The smallest absolute Gasteiger partial charge is 0.269 e. The van der Waals surface area contributed by atoms with Crippen molar-refractivity contribution in [2.24, 2.45) is 0 Å². The maximum absolute atomic E-state index is 13.1. The van der Waals surface area contributed by atoms with Crippen molar-refractivity contribution in [3.8, 4) is 28.5 Å². The van der Waals surface area contributed by atoms with E-state index in [1.54, 1.807) is 53.7 Å². The molecule has 6 rings (SSSR count). The van der Waals surface area contributed by atoms with E-state index >= 15 is 0 Å². The minimum absolute atomic E-state index is 0.270. The van der Waals surface area contributed by atoms with Crippen molar-refractivity contribution in [2.75, 3.05) is 17.3 Å². The monoisotopic (exact) mass is 568 g/mol. The van der Waals surface area contributed by atoms with E-state index in [1.807, 2.05) is 79.8 Å². The van der Waals surface area contributed by atoms with Crippen LogP contribution in [0, 0.1) is 0 Å². The molecule has 0 atom stereocenters. The fourth-order valence-electron chi connectivity index (χ4n) is 4.30. The summed E-state index contributed by atoms with van der Waals surface area (Å²) >= 11 is 5.43. The highest BCUT2D eigenvalue weighted by Crippen LogP contribution is 2.29. The number of rotatable bonds is 6. The summed E-state index contributed by atoms with van der Waals surface area (Å²) in [6.45, 7) is 0. The normalized spacial score (nSPS) is 10.7. The summed E-state index contributed by atoms with van der Waals surface area (Å²) in [6.07, 6.45) is 3.43. The number of anilines is 2. The Balaban J connectivity index is 1.21. The van der Waals surface area contributed by atoms with Crippen LogP contribution in [0.1, 0.15) is 10.4 Å². The van der Waals surface area contributed by atoms with Gasteiger partial charge in [0, 0.05) is 36.4 Å². The van der Waals surface area contributed by atoms with E-state index in [9.17, 15) is 4.79 Å². The van der Waals surface area contributed by atoms with E-state index in [2.05, 4.69) is 15.3 Å². The molecule has 0 aliphatic carbocycles. The van der Waals surface area contributed by atoms with Crippen molar-refractivity contribution in [3.05, 3.63) is 127 Å². The SMILES string of the molecule is CN(C(=S)Oc1ccc(C(=O)Nc2ccc3nc(-c4ccccn4)c(-c4ccccn4)nc3c2)cc1)c1ccccc1. The lowest BCUT2D eigenvalue weighted by atomic mass is 10.1. The number of benzene rings is 3. The molecule has 0 aliphatic rings. The summed E-state index contributed by atoms with van der Waals surface area (Å²) in [4.78, 5) is 33.5. The first kappa shape index (κ1) is 26.7. The first-order valence-electron chi connectivity index (χ1n) is 13.1. The van der Waals surface area contributed by atoms with Gasteiger partial charge in [-0.25, -0.2) is 9.97 Å². The van der Waals surface area contributed by atoms with Crippen LogP contribution in [0.25, 0.3) is 33.8 Å². The molecule has 3 aromatic carbocycles. The van der Waals surface area contributed by atoms with Crippen LogP contribution < -0.4 is 15.0 Å². The number of thiocarbonyl (C=S) groups is 1. The van der Waals surface area contributed by atoms with Crippen molar-refractivity contribution in [3.63, 3.8) is 0 Å². The predicted molar refractivity (Wildman–Crippen MR) is 168 cm³/mol. The maximum atomic E-state index is 13.1. The third-order valence-corrected chi connectivity index (χ3v) is 6.83. The Bertz CT molecular complexity index is 1870. The summed E-state index contributed by atoms with van der Waals surface area (Å²) in [6, 6.07) is 33.2. The van der Waals surface area contributed by atoms with E-state index in [0.29, 0.717) is 56.0 Å². The van der Waals surface area contributed by atoms with Gasteiger partial charge in [-0.15, -0.1) is 0 Å². The Morgan fingerprint density at radius 2 is 1.36 bits per heavy atom. The van der Waals surface area contributed by atoms with Crippen LogP contribution in [0.4, 0.5) is 11.4 Å². The largest absolute Gasteiger partial charge is 0.432 e. The minimum atomic E-state index is -0.270. The molecule has 0 fully saturated rings. The number of amides is 1. The fraction of sp³-hybridized carbons (Fsp3) is 0.0303. The van der Waals surface area contributed by atoms with Gasteiger partial charge in [-0.3, -0.25) is 14.8 Å². The number of nitrogens with one attached hydrogen (secondary N) is 1. The van der Waals surface area contributed by atoms with Gasteiger partial charge in [-0.2, -0.15) is 0 Å². The van der Waals surface area contributed by atoms with E-state index in [-0.39, 0.29) is 5.91 Å². The second kappa shape index (κ2) is 11.9. The molecular formula is C33H24N6O2S. The standard InChI is InChI=1S/C33H24N6O2S/c1-39(24-9-3-2-4-10-24)33(42)41-25-16-13-22(14-17-25)32(40)36-23-15-18-26-29(21-23)38-31(28-12-6-8-20-35-28)30(37-26)27-11-5-7-19-34-27/h2-21H,1H3,(H,36,40). The number of carbonyl (C=O) groups is 1. The van der Waals surface area contributed by atoms with Gasteiger partial charge < -0.3 is 15.0 Å². The lowest BCUT2D eigenvalue weighted by molar-refractivity contribution is 0.102. The molecule has 1 amide bonds. The Kier molecular flexibility index (Phi) is 7.56. The molecule has 0 saturated carbocycles. The summed E-state index contributed by atoms with van der Waals surface area (Å²) < 4.78 is 5.82. The Morgan fingerprint density at radius 1 is 0.738 bits per heavy atom. The number of fused-ring (bicyclic) bond motifs is 1. The average molecular weight is 569 g/mol. The van der Waals surface area contributed by atoms with Gasteiger partial charge in [-0.1, -0.05) is 30.3 Å². The first-order chi connectivity index (χ1) is 20.5. The fourth-order valence-corrected chi connectivity index (χ4v) is 4.50. The van der Waals surface area contributed by atoms with Crippen molar-refractivity contribution < 1.29 is 9.53 Å². The second-order valence-electron chi connectivity index (χ2n) is 9.30. The molecule has 0 saturated heterocycles. The van der Waals surface area contributed by atoms with Crippen LogP contribution >= 0.6 is 12.2 Å². The highest BCUT2D eigenvalue weighted by atomic mass is 32.1. The van der Waals surface area contributed by atoms with Crippen LogP contribution in [0.15, 0.2) is 122 Å². The maximum Gasteiger partial charge on any atom is 0.269 e. The van der Waals surface area contributed by atoms with Crippen molar-refractivity contribution in [1.82, 2.24) is 19.9 Å². The zero-order valence-electron chi connectivity index (χ0n) is 22.5. The van der Waals surface area contributed by atoms with E-state index in [1.165, 1.54) is 0 Å². The lowest BCUT2D eigenvalue weighted by Gasteiger charge is -2.19. The Hall–Kier alpha value is -5.54. The van der Waals surface area contributed by atoms with Crippen LogP contribution in [0.3, 0.4) is 0 Å². The quantitative estimate of drug-likeness (QED) is 0.219. The van der Waals surface area contributed by atoms with Crippen LogP contribution in [-0.2, 0) is 0 Å². The molecule has 3 heterocycles. The van der Waals surface area contributed by atoms with Gasteiger partial charge in [0.15, 0.2) is 0 Å². The number of aromatic nitrogens is 4. The molecule has 0 unspecified atom stereocenters. The number of ether oxygens (including phenoxy) is 1. The molecule has 9 heteroatoms. The lowest BCUT2D eigenvalue weighted by Crippen LogP contribution is -2.29. The molecule has 0 spiro atoms. The van der Waals surface area contributed by atoms with Gasteiger partial charge in [0.1, 0.15) is 17.1 Å². The predicted octanol–water partition coefficient (Wildman–Crippen LogP) is 6.81. The second-order valence-corrected chi connectivity index (χ2v) is 9.64. The number of para-hydroxylation sites is 1. The number of pyridine rings is 2. The number of nitrogens with zero attached hydrogens (tertiary/aromatic N) is 5. The van der Waals surface area contributed by atoms with E-state index < -0.39 is 0 Å². The summed E-state index contributed by atoms with van der Waals surface area (Å²) in [7, 11) is 1.84. The van der Waals surface area contributed by atoms with Crippen molar-refractivity contribution in [1.29, 1.82) is 0 Å². The molecule has 8 nitrogen and oxygen atoms in total. The highest BCUT2D eigenvalue weighted by molar-refractivity contribution is 7.80. The highest BCUT2D eigenvalue weighted by Gasteiger charge is 2.16. The molecule has 42 heavy (non-hydrogen) atoms. The topological polar surface area (TPSA) is 93.1 Å².